The normalized spacial score (nSPS) is 18.8. The van der Waals surface area contributed by atoms with E-state index in [1.54, 1.807) is 26.1 Å². The zero-order valence-corrected chi connectivity index (χ0v) is 14.9. The van der Waals surface area contributed by atoms with Crippen molar-refractivity contribution in [2.24, 2.45) is 5.92 Å². The largest absolute Gasteiger partial charge is 0.354 e. The molecule has 1 aromatic carbocycles. The number of likely N-dealkylation sites (N-methyl/N-ethyl adjacent to an activating group) is 1. The summed E-state index contributed by atoms with van der Waals surface area (Å²) in [4.78, 5) is 14.2. The molecular formula is C18H27F2N3O. The van der Waals surface area contributed by atoms with E-state index in [2.05, 4.69) is 15.5 Å². The second kappa shape index (κ2) is 7.57. The predicted molar refractivity (Wildman–Crippen MR) is 90.6 cm³/mol. The van der Waals surface area contributed by atoms with Crippen LogP contribution in [-0.4, -0.2) is 43.0 Å². The first kappa shape index (κ1) is 18.8. The molecule has 24 heavy (non-hydrogen) atoms. The maximum absolute atomic E-state index is 14.0. The molecule has 2 rings (SSSR count). The number of nitrogens with zero attached hydrogens (tertiary/aromatic N) is 1. The fourth-order valence-electron chi connectivity index (χ4n) is 2.84. The highest BCUT2D eigenvalue weighted by molar-refractivity contribution is 5.85. The number of carbonyl (C=O) groups excluding carboxylic acids is 1. The van der Waals surface area contributed by atoms with E-state index in [1.807, 2.05) is 13.8 Å². The van der Waals surface area contributed by atoms with Gasteiger partial charge >= 0.3 is 0 Å². The van der Waals surface area contributed by atoms with E-state index in [1.165, 1.54) is 0 Å². The van der Waals surface area contributed by atoms with E-state index in [0.717, 1.165) is 19.5 Å². The Bertz CT molecular complexity index is 604. The summed E-state index contributed by atoms with van der Waals surface area (Å²) < 4.78 is 27.6. The molecule has 0 spiro atoms. The number of hydrogen-bond donors (Lipinski definition) is 2. The molecule has 2 N–H and O–H groups in total. The van der Waals surface area contributed by atoms with E-state index in [-0.39, 0.29) is 5.91 Å². The topological polar surface area (TPSA) is 44.4 Å². The van der Waals surface area contributed by atoms with Gasteiger partial charge in [-0.25, -0.2) is 8.78 Å². The molecule has 0 aliphatic carbocycles. The van der Waals surface area contributed by atoms with Gasteiger partial charge in [0.25, 0.3) is 0 Å². The van der Waals surface area contributed by atoms with Crippen LogP contribution in [0.3, 0.4) is 0 Å². The first-order valence-corrected chi connectivity index (χ1v) is 8.37. The Morgan fingerprint density at radius 1 is 1.33 bits per heavy atom. The lowest BCUT2D eigenvalue weighted by Crippen LogP contribution is -2.52. The third-order valence-corrected chi connectivity index (χ3v) is 4.86. The van der Waals surface area contributed by atoms with E-state index in [4.69, 9.17) is 0 Å². The minimum absolute atomic E-state index is 0.0323. The maximum atomic E-state index is 14.0. The van der Waals surface area contributed by atoms with Crippen LogP contribution >= 0.6 is 0 Å². The summed E-state index contributed by atoms with van der Waals surface area (Å²) in [5.41, 5.74) is 0.116. The van der Waals surface area contributed by atoms with Gasteiger partial charge in [-0.15, -0.1) is 0 Å². The molecule has 1 aromatic rings. The number of nitrogens with one attached hydrogen (secondary N) is 2. The molecule has 1 aliphatic rings. The third kappa shape index (κ3) is 4.30. The van der Waals surface area contributed by atoms with Gasteiger partial charge in [0.1, 0.15) is 0 Å². The quantitative estimate of drug-likeness (QED) is 0.835. The van der Waals surface area contributed by atoms with Gasteiger partial charge in [0.15, 0.2) is 11.6 Å². The van der Waals surface area contributed by atoms with Crippen molar-refractivity contribution in [3.05, 3.63) is 34.9 Å². The Balaban J connectivity index is 1.86. The molecule has 1 saturated heterocycles. The van der Waals surface area contributed by atoms with Gasteiger partial charge in [-0.2, -0.15) is 0 Å². The van der Waals surface area contributed by atoms with Crippen molar-refractivity contribution in [2.45, 2.75) is 39.3 Å². The van der Waals surface area contributed by atoms with E-state index in [0.29, 0.717) is 30.1 Å². The molecular weight excluding hydrogens is 312 g/mol. The molecule has 1 aliphatic heterocycles. The van der Waals surface area contributed by atoms with Crippen molar-refractivity contribution in [2.75, 3.05) is 26.7 Å². The summed E-state index contributed by atoms with van der Waals surface area (Å²) in [5, 5.41) is 5.94. The van der Waals surface area contributed by atoms with Gasteiger partial charge in [0, 0.05) is 25.2 Å². The number of rotatable bonds is 6. The third-order valence-electron chi connectivity index (χ3n) is 4.86. The van der Waals surface area contributed by atoms with Gasteiger partial charge < -0.3 is 10.6 Å². The lowest BCUT2D eigenvalue weighted by Gasteiger charge is -2.24. The van der Waals surface area contributed by atoms with Crippen molar-refractivity contribution in [3.8, 4) is 0 Å². The lowest BCUT2D eigenvalue weighted by atomic mass is 10.0. The Labute approximate surface area is 142 Å². The highest BCUT2D eigenvalue weighted by Crippen LogP contribution is 2.22. The molecule has 0 bridgehead atoms. The highest BCUT2D eigenvalue weighted by Gasteiger charge is 2.28. The molecule has 1 heterocycles. The molecule has 0 saturated carbocycles. The summed E-state index contributed by atoms with van der Waals surface area (Å²) in [6.07, 6.45) is 0.941. The first-order valence-electron chi connectivity index (χ1n) is 8.37. The SMILES string of the molecule is CNC(C)(C)C(=O)NCC1CCN(Cc2ccc(C)c(F)c2F)C1. The summed E-state index contributed by atoms with van der Waals surface area (Å²) in [7, 11) is 1.76. The smallest absolute Gasteiger partial charge is 0.239 e. The number of hydrogen-bond acceptors (Lipinski definition) is 3. The Kier molecular flexibility index (Phi) is 5.93. The number of amides is 1. The Morgan fingerprint density at radius 2 is 2.04 bits per heavy atom. The van der Waals surface area contributed by atoms with Crippen LogP contribution in [0.15, 0.2) is 12.1 Å². The van der Waals surface area contributed by atoms with Crippen molar-refractivity contribution in [1.82, 2.24) is 15.5 Å². The number of carbonyl (C=O) groups is 1. The fourth-order valence-corrected chi connectivity index (χ4v) is 2.84. The predicted octanol–water partition coefficient (Wildman–Crippen LogP) is 2.21. The van der Waals surface area contributed by atoms with Crippen molar-refractivity contribution < 1.29 is 13.6 Å². The van der Waals surface area contributed by atoms with Gasteiger partial charge in [-0.3, -0.25) is 9.69 Å². The molecule has 4 nitrogen and oxygen atoms in total. The molecule has 1 fully saturated rings. The highest BCUT2D eigenvalue weighted by atomic mass is 19.2. The summed E-state index contributed by atoms with van der Waals surface area (Å²) >= 11 is 0. The maximum Gasteiger partial charge on any atom is 0.239 e. The number of halogens is 2. The minimum Gasteiger partial charge on any atom is -0.354 e. The zero-order valence-electron chi connectivity index (χ0n) is 14.9. The number of likely N-dealkylation sites (tertiary alicyclic amines) is 1. The zero-order chi connectivity index (χ0) is 17.9. The van der Waals surface area contributed by atoms with Crippen LogP contribution < -0.4 is 10.6 Å². The van der Waals surface area contributed by atoms with Gasteiger partial charge in [-0.05, 0) is 52.3 Å². The van der Waals surface area contributed by atoms with E-state index in [9.17, 15) is 13.6 Å². The molecule has 1 atom stereocenters. The van der Waals surface area contributed by atoms with Crippen molar-refractivity contribution in [3.63, 3.8) is 0 Å². The monoisotopic (exact) mass is 339 g/mol. The van der Waals surface area contributed by atoms with Crippen LogP contribution in [0.4, 0.5) is 8.78 Å². The van der Waals surface area contributed by atoms with Crippen LogP contribution in [0.5, 0.6) is 0 Å². The Morgan fingerprint density at radius 3 is 2.71 bits per heavy atom. The molecule has 6 heteroatoms. The second-order valence-corrected chi connectivity index (χ2v) is 7.14. The van der Waals surface area contributed by atoms with Gasteiger partial charge in [-0.1, -0.05) is 12.1 Å². The summed E-state index contributed by atoms with van der Waals surface area (Å²) in [6, 6.07) is 3.26. The van der Waals surface area contributed by atoms with E-state index >= 15 is 0 Å². The average Bonchev–Trinajstić information content (AvgIpc) is 3.00. The average molecular weight is 339 g/mol. The number of aryl methyl sites for hydroxylation is 1. The van der Waals surface area contributed by atoms with Crippen LogP contribution in [0, 0.1) is 24.5 Å². The fraction of sp³-hybridized carbons (Fsp3) is 0.611. The van der Waals surface area contributed by atoms with Crippen LogP contribution in [-0.2, 0) is 11.3 Å². The van der Waals surface area contributed by atoms with Crippen LogP contribution in [0.2, 0.25) is 0 Å². The summed E-state index contributed by atoms with van der Waals surface area (Å²) in [5.74, 6) is -1.21. The Hall–Kier alpha value is -1.53. The van der Waals surface area contributed by atoms with Crippen LogP contribution in [0.25, 0.3) is 0 Å². The van der Waals surface area contributed by atoms with E-state index < -0.39 is 17.2 Å². The second-order valence-electron chi connectivity index (χ2n) is 7.14. The van der Waals surface area contributed by atoms with Crippen molar-refractivity contribution >= 4 is 5.91 Å². The molecule has 1 unspecified atom stereocenters. The number of benzene rings is 1. The van der Waals surface area contributed by atoms with Gasteiger partial charge in [0.05, 0.1) is 5.54 Å². The molecule has 134 valence electrons. The molecule has 1 amide bonds. The molecule has 0 radical (unpaired) electrons. The molecule has 0 aromatic heterocycles. The van der Waals surface area contributed by atoms with Crippen molar-refractivity contribution in [1.29, 1.82) is 0 Å². The lowest BCUT2D eigenvalue weighted by molar-refractivity contribution is -0.126. The standard InChI is InChI=1S/C18H27F2N3O/c1-12-5-6-14(16(20)15(12)19)11-23-8-7-13(10-23)9-22-17(24)18(2,3)21-4/h5-6,13,21H,7-11H2,1-4H3,(H,22,24). The summed E-state index contributed by atoms with van der Waals surface area (Å²) in [6.45, 7) is 7.82. The minimum atomic E-state index is -0.759. The van der Waals surface area contributed by atoms with Gasteiger partial charge in [0.2, 0.25) is 5.91 Å². The first-order chi connectivity index (χ1) is 11.2. The van der Waals surface area contributed by atoms with Crippen LogP contribution in [0.1, 0.15) is 31.4 Å².